The Bertz CT molecular complexity index is 704. The summed E-state index contributed by atoms with van der Waals surface area (Å²) in [6.07, 6.45) is 0.756. The zero-order valence-electron chi connectivity index (χ0n) is 12.8. The summed E-state index contributed by atoms with van der Waals surface area (Å²) in [4.78, 5) is 22.9. The van der Waals surface area contributed by atoms with Crippen LogP contribution >= 0.6 is 0 Å². The minimum atomic E-state index is -0.458. The lowest BCUT2D eigenvalue weighted by molar-refractivity contribution is 0.0991. The molecule has 0 aliphatic heterocycles. The standard InChI is InChI=1S/C18H20N2O2/c1-11(2)10-16-14(4-3-5-15(16)18(20)22)12-6-8-13(9-7-12)17(19)21/h3-9,11H,10H2,1-2H3,(H2,19,21)(H2,20,22). The molecule has 0 atom stereocenters. The van der Waals surface area contributed by atoms with E-state index < -0.39 is 11.8 Å². The number of amides is 2. The Kier molecular flexibility index (Phi) is 4.61. The molecule has 2 aromatic rings. The van der Waals surface area contributed by atoms with Crippen LogP contribution in [0.3, 0.4) is 0 Å². The molecule has 0 aliphatic carbocycles. The Balaban J connectivity index is 2.56. The lowest BCUT2D eigenvalue weighted by Crippen LogP contribution is -2.15. The van der Waals surface area contributed by atoms with Crippen molar-refractivity contribution < 1.29 is 9.59 Å². The van der Waals surface area contributed by atoms with Gasteiger partial charge in [-0.3, -0.25) is 9.59 Å². The van der Waals surface area contributed by atoms with Gasteiger partial charge in [-0.1, -0.05) is 38.1 Å². The Labute approximate surface area is 130 Å². The fourth-order valence-corrected chi connectivity index (χ4v) is 2.53. The molecule has 0 unspecified atom stereocenters. The number of hydrogen-bond donors (Lipinski definition) is 2. The summed E-state index contributed by atoms with van der Waals surface area (Å²) in [7, 11) is 0. The summed E-state index contributed by atoms with van der Waals surface area (Å²) in [5, 5.41) is 0. The molecule has 2 rings (SSSR count). The van der Waals surface area contributed by atoms with Crippen molar-refractivity contribution in [3.63, 3.8) is 0 Å². The minimum absolute atomic E-state index is 0.393. The van der Waals surface area contributed by atoms with Crippen LogP contribution in [-0.2, 0) is 6.42 Å². The topological polar surface area (TPSA) is 86.2 Å². The summed E-state index contributed by atoms with van der Waals surface area (Å²) < 4.78 is 0. The van der Waals surface area contributed by atoms with Gasteiger partial charge < -0.3 is 11.5 Å². The molecule has 4 N–H and O–H groups in total. The van der Waals surface area contributed by atoms with Crippen molar-refractivity contribution in [2.45, 2.75) is 20.3 Å². The summed E-state index contributed by atoms with van der Waals surface area (Å²) in [6, 6.07) is 12.6. The second-order valence-corrected chi connectivity index (χ2v) is 5.74. The van der Waals surface area contributed by atoms with E-state index in [-0.39, 0.29) is 0 Å². The van der Waals surface area contributed by atoms with Gasteiger partial charge in [-0.15, -0.1) is 0 Å². The van der Waals surface area contributed by atoms with Gasteiger partial charge in [0.1, 0.15) is 0 Å². The van der Waals surface area contributed by atoms with Gasteiger partial charge in [0, 0.05) is 11.1 Å². The van der Waals surface area contributed by atoms with E-state index in [0.717, 1.165) is 23.1 Å². The van der Waals surface area contributed by atoms with Crippen LogP contribution in [0, 0.1) is 5.92 Å². The number of hydrogen-bond acceptors (Lipinski definition) is 2. The molecule has 0 fully saturated rings. The Morgan fingerprint density at radius 1 is 0.955 bits per heavy atom. The highest BCUT2D eigenvalue weighted by atomic mass is 16.1. The summed E-state index contributed by atoms with van der Waals surface area (Å²) in [5.74, 6) is -0.491. The molecular weight excluding hydrogens is 276 g/mol. The van der Waals surface area contributed by atoms with Crippen molar-refractivity contribution in [1.29, 1.82) is 0 Å². The van der Waals surface area contributed by atoms with Crippen LogP contribution in [0.4, 0.5) is 0 Å². The first-order valence-corrected chi connectivity index (χ1v) is 7.22. The number of benzene rings is 2. The van der Waals surface area contributed by atoms with Crippen molar-refractivity contribution >= 4 is 11.8 Å². The van der Waals surface area contributed by atoms with Crippen LogP contribution < -0.4 is 11.5 Å². The fourth-order valence-electron chi connectivity index (χ4n) is 2.53. The van der Waals surface area contributed by atoms with Gasteiger partial charge >= 0.3 is 0 Å². The van der Waals surface area contributed by atoms with E-state index in [9.17, 15) is 9.59 Å². The molecule has 22 heavy (non-hydrogen) atoms. The number of primary amides is 2. The predicted octanol–water partition coefficient (Wildman–Crippen LogP) is 2.75. The van der Waals surface area contributed by atoms with E-state index in [1.54, 1.807) is 18.2 Å². The predicted molar refractivity (Wildman–Crippen MR) is 87.5 cm³/mol. The minimum Gasteiger partial charge on any atom is -0.366 e. The van der Waals surface area contributed by atoms with Crippen LogP contribution in [0.2, 0.25) is 0 Å². The van der Waals surface area contributed by atoms with Crippen molar-refractivity contribution in [1.82, 2.24) is 0 Å². The molecule has 114 valence electrons. The summed E-state index contributed by atoms with van der Waals surface area (Å²) in [5.41, 5.74) is 14.6. The maximum absolute atomic E-state index is 11.7. The molecule has 2 aromatic carbocycles. The molecule has 0 saturated carbocycles. The van der Waals surface area contributed by atoms with E-state index in [2.05, 4.69) is 13.8 Å². The molecular formula is C18H20N2O2. The number of nitrogens with two attached hydrogens (primary N) is 2. The smallest absolute Gasteiger partial charge is 0.248 e. The van der Waals surface area contributed by atoms with Crippen molar-refractivity contribution in [3.05, 3.63) is 59.2 Å². The van der Waals surface area contributed by atoms with E-state index in [1.165, 1.54) is 0 Å². The molecule has 2 amide bonds. The van der Waals surface area contributed by atoms with Gasteiger partial charge in [0.2, 0.25) is 11.8 Å². The van der Waals surface area contributed by atoms with Crippen LogP contribution in [0.1, 0.15) is 40.1 Å². The van der Waals surface area contributed by atoms with Crippen LogP contribution in [0.15, 0.2) is 42.5 Å². The first kappa shape index (κ1) is 15.8. The molecule has 0 heterocycles. The molecule has 0 radical (unpaired) electrons. The first-order valence-electron chi connectivity index (χ1n) is 7.22. The number of carbonyl (C=O) groups excluding carboxylic acids is 2. The Morgan fingerprint density at radius 2 is 1.59 bits per heavy atom. The van der Waals surface area contributed by atoms with Crippen molar-refractivity contribution in [3.8, 4) is 11.1 Å². The normalized spacial score (nSPS) is 10.7. The number of carbonyl (C=O) groups is 2. The van der Waals surface area contributed by atoms with Gasteiger partial charge in [0.25, 0.3) is 0 Å². The quantitative estimate of drug-likeness (QED) is 0.888. The highest BCUT2D eigenvalue weighted by Crippen LogP contribution is 2.28. The van der Waals surface area contributed by atoms with E-state index >= 15 is 0 Å². The molecule has 4 nitrogen and oxygen atoms in total. The monoisotopic (exact) mass is 296 g/mol. The summed E-state index contributed by atoms with van der Waals surface area (Å²) in [6.45, 7) is 4.19. The largest absolute Gasteiger partial charge is 0.366 e. The van der Waals surface area contributed by atoms with E-state index in [0.29, 0.717) is 17.0 Å². The average molecular weight is 296 g/mol. The zero-order valence-corrected chi connectivity index (χ0v) is 12.8. The van der Waals surface area contributed by atoms with Crippen molar-refractivity contribution in [2.75, 3.05) is 0 Å². The van der Waals surface area contributed by atoms with Crippen LogP contribution in [-0.4, -0.2) is 11.8 Å². The number of rotatable bonds is 5. The first-order chi connectivity index (χ1) is 10.4. The third-order valence-corrected chi connectivity index (χ3v) is 3.53. The van der Waals surface area contributed by atoms with Gasteiger partial charge in [-0.25, -0.2) is 0 Å². The van der Waals surface area contributed by atoms with E-state index in [4.69, 9.17) is 11.5 Å². The highest BCUT2D eigenvalue weighted by Gasteiger charge is 2.15. The molecule has 0 aromatic heterocycles. The molecule has 4 heteroatoms. The fraction of sp³-hybridized carbons (Fsp3) is 0.222. The molecule has 0 saturated heterocycles. The lowest BCUT2D eigenvalue weighted by atomic mass is 9.89. The molecule has 0 bridgehead atoms. The van der Waals surface area contributed by atoms with Gasteiger partial charge in [0.15, 0.2) is 0 Å². The van der Waals surface area contributed by atoms with Gasteiger partial charge in [0.05, 0.1) is 0 Å². The third-order valence-electron chi connectivity index (χ3n) is 3.53. The van der Waals surface area contributed by atoms with Gasteiger partial charge in [-0.2, -0.15) is 0 Å². The van der Waals surface area contributed by atoms with Crippen LogP contribution in [0.5, 0.6) is 0 Å². The van der Waals surface area contributed by atoms with E-state index in [1.807, 2.05) is 24.3 Å². The second-order valence-electron chi connectivity index (χ2n) is 5.74. The zero-order chi connectivity index (χ0) is 16.3. The maximum Gasteiger partial charge on any atom is 0.248 e. The van der Waals surface area contributed by atoms with Crippen LogP contribution in [0.25, 0.3) is 11.1 Å². The second kappa shape index (κ2) is 6.43. The SMILES string of the molecule is CC(C)Cc1c(C(N)=O)cccc1-c1ccc(C(N)=O)cc1. The average Bonchev–Trinajstić information content (AvgIpc) is 2.46. The Hall–Kier alpha value is -2.62. The Morgan fingerprint density at radius 3 is 2.09 bits per heavy atom. The molecule has 0 spiro atoms. The highest BCUT2D eigenvalue weighted by molar-refractivity contribution is 5.97. The maximum atomic E-state index is 11.7. The van der Waals surface area contributed by atoms with Gasteiger partial charge in [-0.05, 0) is 47.2 Å². The third kappa shape index (κ3) is 3.34. The lowest BCUT2D eigenvalue weighted by Gasteiger charge is -2.15. The molecule has 0 aliphatic rings. The van der Waals surface area contributed by atoms with Crippen molar-refractivity contribution in [2.24, 2.45) is 17.4 Å². The summed E-state index contributed by atoms with van der Waals surface area (Å²) >= 11 is 0.